The highest BCUT2D eigenvalue weighted by Crippen LogP contribution is 2.11. The van der Waals surface area contributed by atoms with Crippen molar-refractivity contribution in [2.75, 3.05) is 25.5 Å². The molecule has 0 bridgehead atoms. The van der Waals surface area contributed by atoms with Gasteiger partial charge in [-0.15, -0.1) is 0 Å². The monoisotopic (exact) mass is 365 g/mol. The average molecular weight is 365 g/mol. The zero-order valence-electron chi connectivity index (χ0n) is 14.9. The molecular formula is C17H23N3O6. The molecule has 1 rings (SSSR count). The highest BCUT2D eigenvalue weighted by Gasteiger charge is 2.17. The summed E-state index contributed by atoms with van der Waals surface area (Å²) < 4.78 is 4.82. The Morgan fingerprint density at radius 2 is 1.81 bits per heavy atom. The maximum atomic E-state index is 12.1. The summed E-state index contributed by atoms with van der Waals surface area (Å²) in [5.41, 5.74) is 0.769. The van der Waals surface area contributed by atoms with Crippen molar-refractivity contribution in [3.05, 3.63) is 29.8 Å². The molecule has 0 aromatic heterocycles. The quantitative estimate of drug-likeness (QED) is 0.597. The van der Waals surface area contributed by atoms with E-state index in [4.69, 9.17) is 9.84 Å². The highest BCUT2D eigenvalue weighted by atomic mass is 16.5. The van der Waals surface area contributed by atoms with Gasteiger partial charge in [-0.05, 0) is 38.1 Å². The van der Waals surface area contributed by atoms with Gasteiger partial charge in [0.25, 0.3) is 5.91 Å². The number of urea groups is 1. The topological polar surface area (TPSA) is 125 Å². The van der Waals surface area contributed by atoms with Gasteiger partial charge in [0.1, 0.15) is 6.04 Å². The van der Waals surface area contributed by atoms with E-state index in [0.717, 1.165) is 0 Å². The third-order valence-corrected chi connectivity index (χ3v) is 3.39. The standard InChI is InChI=1S/C17H23N3O6/c1-4-26-16(24)11(2)18-15(23)12-5-7-13(8-6-12)19-17(25)20(3)10-9-14(21)22/h5-8,11H,4,9-10H2,1-3H3,(H,18,23)(H,19,25)(H,21,22). The summed E-state index contributed by atoms with van der Waals surface area (Å²) in [5, 5.41) is 13.7. The van der Waals surface area contributed by atoms with Gasteiger partial charge in [0.15, 0.2) is 0 Å². The minimum absolute atomic E-state index is 0.0768. The Morgan fingerprint density at radius 1 is 1.19 bits per heavy atom. The summed E-state index contributed by atoms with van der Waals surface area (Å²) in [6, 6.07) is 4.84. The van der Waals surface area contributed by atoms with Crippen LogP contribution in [0.4, 0.5) is 10.5 Å². The summed E-state index contributed by atoms with van der Waals surface area (Å²) >= 11 is 0. The van der Waals surface area contributed by atoms with Gasteiger partial charge in [-0.25, -0.2) is 9.59 Å². The largest absolute Gasteiger partial charge is 0.481 e. The smallest absolute Gasteiger partial charge is 0.328 e. The number of hydrogen-bond donors (Lipinski definition) is 3. The second kappa shape index (κ2) is 10.0. The molecule has 3 N–H and O–H groups in total. The first-order valence-electron chi connectivity index (χ1n) is 8.06. The number of aliphatic carboxylic acids is 1. The maximum absolute atomic E-state index is 12.1. The van der Waals surface area contributed by atoms with Crippen LogP contribution in [0, 0.1) is 0 Å². The molecule has 1 aromatic carbocycles. The molecule has 1 aromatic rings. The molecule has 9 heteroatoms. The SMILES string of the molecule is CCOC(=O)C(C)NC(=O)c1ccc(NC(=O)N(C)CCC(=O)O)cc1. The third-order valence-electron chi connectivity index (χ3n) is 3.39. The average Bonchev–Trinajstić information content (AvgIpc) is 2.60. The van der Waals surface area contributed by atoms with Crippen LogP contribution in [0.2, 0.25) is 0 Å². The number of anilines is 1. The Bertz CT molecular complexity index is 659. The number of rotatable bonds is 8. The Kier molecular flexibility index (Phi) is 8.07. The van der Waals surface area contributed by atoms with Crippen molar-refractivity contribution >= 4 is 29.6 Å². The van der Waals surface area contributed by atoms with E-state index in [2.05, 4.69) is 10.6 Å². The lowest BCUT2D eigenvalue weighted by atomic mass is 10.2. The summed E-state index contributed by atoms with van der Waals surface area (Å²) in [6.07, 6.45) is -0.151. The minimum atomic E-state index is -0.989. The van der Waals surface area contributed by atoms with Crippen LogP contribution in [0.15, 0.2) is 24.3 Å². The molecule has 1 atom stereocenters. The number of esters is 1. The lowest BCUT2D eigenvalue weighted by Crippen LogP contribution is -2.39. The first-order chi connectivity index (χ1) is 12.2. The van der Waals surface area contributed by atoms with Crippen molar-refractivity contribution in [2.24, 2.45) is 0 Å². The molecule has 0 fully saturated rings. The van der Waals surface area contributed by atoms with Crippen LogP contribution < -0.4 is 10.6 Å². The number of amides is 3. The zero-order valence-corrected chi connectivity index (χ0v) is 14.9. The van der Waals surface area contributed by atoms with Crippen molar-refractivity contribution < 1.29 is 29.0 Å². The number of ether oxygens (including phenoxy) is 1. The van der Waals surface area contributed by atoms with E-state index < -0.39 is 29.9 Å². The number of carbonyl (C=O) groups excluding carboxylic acids is 3. The summed E-state index contributed by atoms with van der Waals surface area (Å²) in [5.74, 6) is -1.95. The molecule has 0 radical (unpaired) electrons. The van der Waals surface area contributed by atoms with Gasteiger partial charge in [0.05, 0.1) is 13.0 Å². The number of carboxylic acid groups (broad SMARTS) is 1. The molecule has 0 spiro atoms. The van der Waals surface area contributed by atoms with E-state index in [-0.39, 0.29) is 19.6 Å². The fourth-order valence-electron chi connectivity index (χ4n) is 1.89. The highest BCUT2D eigenvalue weighted by molar-refractivity contribution is 5.97. The molecule has 1 unspecified atom stereocenters. The first-order valence-corrected chi connectivity index (χ1v) is 8.06. The van der Waals surface area contributed by atoms with Gasteiger partial charge in [0, 0.05) is 24.8 Å². The van der Waals surface area contributed by atoms with E-state index >= 15 is 0 Å². The normalized spacial score (nSPS) is 11.2. The fraction of sp³-hybridized carbons (Fsp3) is 0.412. The predicted octanol–water partition coefficient (Wildman–Crippen LogP) is 1.31. The van der Waals surface area contributed by atoms with Crippen molar-refractivity contribution in [1.29, 1.82) is 0 Å². The second-order valence-electron chi connectivity index (χ2n) is 5.52. The fourth-order valence-corrected chi connectivity index (χ4v) is 1.89. The molecule has 0 heterocycles. The van der Waals surface area contributed by atoms with Crippen LogP contribution in [0.3, 0.4) is 0 Å². The summed E-state index contributed by atoms with van der Waals surface area (Å²) in [7, 11) is 1.48. The first kappa shape index (κ1) is 20.9. The van der Waals surface area contributed by atoms with Crippen molar-refractivity contribution in [1.82, 2.24) is 10.2 Å². The van der Waals surface area contributed by atoms with Crippen LogP contribution in [0.1, 0.15) is 30.6 Å². The number of hydrogen-bond acceptors (Lipinski definition) is 5. The molecule has 9 nitrogen and oxygen atoms in total. The molecule has 0 aliphatic heterocycles. The number of nitrogens with one attached hydrogen (secondary N) is 2. The van der Waals surface area contributed by atoms with E-state index in [1.54, 1.807) is 6.92 Å². The van der Waals surface area contributed by atoms with Gasteiger partial charge in [-0.1, -0.05) is 0 Å². The van der Waals surface area contributed by atoms with Gasteiger partial charge in [0.2, 0.25) is 0 Å². The molecule has 0 saturated heterocycles. The minimum Gasteiger partial charge on any atom is -0.481 e. The van der Waals surface area contributed by atoms with Crippen LogP contribution >= 0.6 is 0 Å². The third kappa shape index (κ3) is 6.80. The van der Waals surface area contributed by atoms with Crippen molar-refractivity contribution in [3.8, 4) is 0 Å². The summed E-state index contributed by atoms with van der Waals surface area (Å²) in [6.45, 7) is 3.51. The van der Waals surface area contributed by atoms with E-state index in [1.807, 2.05) is 0 Å². The van der Waals surface area contributed by atoms with Crippen LogP contribution in [0.25, 0.3) is 0 Å². The number of carbonyl (C=O) groups is 4. The maximum Gasteiger partial charge on any atom is 0.328 e. The van der Waals surface area contributed by atoms with E-state index in [1.165, 1.54) is 43.1 Å². The molecule has 26 heavy (non-hydrogen) atoms. The van der Waals surface area contributed by atoms with Crippen molar-refractivity contribution in [3.63, 3.8) is 0 Å². The summed E-state index contributed by atoms with van der Waals surface area (Å²) in [4.78, 5) is 47.3. The number of benzene rings is 1. The molecule has 0 aliphatic carbocycles. The second-order valence-corrected chi connectivity index (χ2v) is 5.52. The zero-order chi connectivity index (χ0) is 19.7. The number of nitrogens with zero attached hydrogens (tertiary/aromatic N) is 1. The molecule has 142 valence electrons. The van der Waals surface area contributed by atoms with Gasteiger partial charge in [-0.3, -0.25) is 9.59 Å². The van der Waals surface area contributed by atoms with Crippen LogP contribution in [-0.4, -0.2) is 60.1 Å². The Hall–Kier alpha value is -3.10. The molecular weight excluding hydrogens is 342 g/mol. The molecule has 0 saturated carbocycles. The van der Waals surface area contributed by atoms with E-state index in [9.17, 15) is 19.2 Å². The van der Waals surface area contributed by atoms with Gasteiger partial charge < -0.3 is 25.4 Å². The van der Waals surface area contributed by atoms with Crippen LogP contribution in [0.5, 0.6) is 0 Å². The molecule has 3 amide bonds. The van der Waals surface area contributed by atoms with Crippen LogP contribution in [-0.2, 0) is 14.3 Å². The van der Waals surface area contributed by atoms with Crippen molar-refractivity contribution in [2.45, 2.75) is 26.3 Å². The van der Waals surface area contributed by atoms with E-state index in [0.29, 0.717) is 11.3 Å². The lowest BCUT2D eigenvalue weighted by Gasteiger charge is -2.17. The Balaban J connectivity index is 2.59. The Morgan fingerprint density at radius 3 is 2.35 bits per heavy atom. The predicted molar refractivity (Wildman–Crippen MR) is 93.9 cm³/mol. The lowest BCUT2D eigenvalue weighted by molar-refractivity contribution is -0.145. The number of carboxylic acids is 1. The Labute approximate surface area is 151 Å². The van der Waals surface area contributed by atoms with Gasteiger partial charge >= 0.3 is 18.0 Å². The van der Waals surface area contributed by atoms with Gasteiger partial charge in [-0.2, -0.15) is 0 Å². The molecule has 0 aliphatic rings.